The zero-order valence-corrected chi connectivity index (χ0v) is 23.4. The van der Waals surface area contributed by atoms with E-state index >= 15 is 0 Å². The van der Waals surface area contributed by atoms with E-state index in [0.29, 0.717) is 11.1 Å². The second-order valence-corrected chi connectivity index (χ2v) is 11.1. The molecular formula is C30H46O6. The van der Waals surface area contributed by atoms with Crippen molar-refractivity contribution in [3.63, 3.8) is 0 Å². The lowest BCUT2D eigenvalue weighted by Crippen LogP contribution is -2.28. The van der Waals surface area contributed by atoms with Gasteiger partial charge in [-0.2, -0.15) is 0 Å². The molecule has 0 aliphatic carbocycles. The summed E-state index contributed by atoms with van der Waals surface area (Å²) in [4.78, 5) is 21.1. The fraction of sp³-hybridized carbons (Fsp3) is 0.533. The van der Waals surface area contributed by atoms with Gasteiger partial charge >= 0.3 is 11.9 Å². The molecule has 202 valence electrons. The molecule has 36 heavy (non-hydrogen) atoms. The number of aromatic carboxylic acids is 2. The first-order valence-corrected chi connectivity index (χ1v) is 12.5. The molecule has 3 atom stereocenters. The van der Waals surface area contributed by atoms with Gasteiger partial charge in [-0.15, -0.1) is 0 Å². The van der Waals surface area contributed by atoms with Gasteiger partial charge in [0.1, 0.15) is 0 Å². The number of hydrogen-bond acceptors (Lipinski definition) is 4. The Kier molecular flexibility index (Phi) is 13.7. The molecule has 0 saturated carbocycles. The van der Waals surface area contributed by atoms with E-state index < -0.39 is 11.9 Å². The Morgan fingerprint density at radius 2 is 0.972 bits per heavy atom. The molecule has 4 N–H and O–H groups in total. The summed E-state index contributed by atoms with van der Waals surface area (Å²) in [7, 11) is 0. The van der Waals surface area contributed by atoms with Crippen molar-refractivity contribution in [1.29, 1.82) is 0 Å². The number of carboxylic acids is 2. The Balaban J connectivity index is 0.000000517. The summed E-state index contributed by atoms with van der Waals surface area (Å²) in [5, 5.41) is 35.8. The second kappa shape index (κ2) is 14.8. The first-order valence-electron chi connectivity index (χ1n) is 12.5. The van der Waals surface area contributed by atoms with E-state index in [2.05, 4.69) is 41.5 Å². The van der Waals surface area contributed by atoms with Gasteiger partial charge in [0.25, 0.3) is 0 Å². The number of aliphatic hydroxyl groups is 2. The first kappa shape index (κ1) is 33.3. The lowest BCUT2D eigenvalue weighted by Gasteiger charge is -2.22. The lowest BCUT2D eigenvalue weighted by atomic mass is 9.87. The molecular weight excluding hydrogens is 456 g/mol. The highest BCUT2D eigenvalue weighted by Gasteiger charge is 2.20. The quantitative estimate of drug-likeness (QED) is 0.357. The predicted molar refractivity (Wildman–Crippen MR) is 146 cm³/mol. The second-order valence-electron chi connectivity index (χ2n) is 11.1. The van der Waals surface area contributed by atoms with E-state index in [-0.39, 0.29) is 29.0 Å². The molecule has 6 nitrogen and oxygen atoms in total. The molecule has 0 spiro atoms. The number of hydrogen-bond donors (Lipinski definition) is 4. The molecule has 6 heteroatoms. The van der Waals surface area contributed by atoms with Crippen LogP contribution >= 0.6 is 0 Å². The van der Waals surface area contributed by atoms with E-state index in [1.54, 1.807) is 31.2 Å². The fourth-order valence-corrected chi connectivity index (χ4v) is 3.46. The number of carboxylic acid groups (broad SMARTS) is 2. The van der Waals surface area contributed by atoms with E-state index in [4.69, 9.17) is 15.3 Å². The average molecular weight is 503 g/mol. The van der Waals surface area contributed by atoms with Crippen LogP contribution in [0.5, 0.6) is 0 Å². The first-order chi connectivity index (χ1) is 16.4. The highest BCUT2D eigenvalue weighted by Crippen LogP contribution is 2.23. The summed E-state index contributed by atoms with van der Waals surface area (Å²) in [5.74, 6) is -1.70. The summed E-state index contributed by atoms with van der Waals surface area (Å²) in [6.45, 7) is 18.2. The van der Waals surface area contributed by atoms with Crippen molar-refractivity contribution in [3.8, 4) is 0 Å². The topological polar surface area (TPSA) is 115 Å². The smallest absolute Gasteiger partial charge is 0.335 e. The van der Waals surface area contributed by atoms with Crippen LogP contribution in [0.2, 0.25) is 0 Å². The zero-order chi connectivity index (χ0) is 28.3. The zero-order valence-electron chi connectivity index (χ0n) is 23.4. The molecule has 0 amide bonds. The molecule has 0 fully saturated rings. The van der Waals surface area contributed by atoms with Crippen LogP contribution in [0.25, 0.3) is 0 Å². The van der Waals surface area contributed by atoms with Crippen molar-refractivity contribution in [3.05, 3.63) is 70.8 Å². The maximum Gasteiger partial charge on any atom is 0.335 e. The van der Waals surface area contributed by atoms with E-state index in [1.165, 1.54) is 0 Å². The Hall–Kier alpha value is -2.70. The van der Waals surface area contributed by atoms with Crippen LogP contribution in [0.3, 0.4) is 0 Å². The summed E-state index contributed by atoms with van der Waals surface area (Å²) in [6.07, 6.45) is 0.834. The number of benzene rings is 2. The highest BCUT2D eigenvalue weighted by atomic mass is 16.4. The SMILES string of the molecule is CC(C)(C)c1ccc(C(=O)O)cc1.CC(C)(C)c1ccc(C(=O)O)cc1.CCC(O)C(CC)C(C)O. The lowest BCUT2D eigenvalue weighted by molar-refractivity contribution is 0.0180. The van der Waals surface area contributed by atoms with Gasteiger partial charge in [0, 0.05) is 5.92 Å². The largest absolute Gasteiger partial charge is 0.478 e. The van der Waals surface area contributed by atoms with Crippen LogP contribution in [0.1, 0.15) is 107 Å². The van der Waals surface area contributed by atoms with E-state index in [9.17, 15) is 14.7 Å². The standard InChI is InChI=1S/2C11H14O2.C8H18O2/c2*1-11(2,3)9-6-4-8(5-7-9)10(12)13;1-4-7(6(3)9)8(10)5-2/h2*4-7H,1-3H3,(H,12,13);6-10H,4-5H2,1-3H3. The van der Waals surface area contributed by atoms with Crippen LogP contribution in [0, 0.1) is 5.92 Å². The van der Waals surface area contributed by atoms with Gasteiger partial charge in [-0.25, -0.2) is 9.59 Å². The molecule has 0 saturated heterocycles. The molecule has 3 unspecified atom stereocenters. The van der Waals surface area contributed by atoms with Gasteiger partial charge in [0.2, 0.25) is 0 Å². The Morgan fingerprint density at radius 1 is 0.667 bits per heavy atom. The maximum atomic E-state index is 10.6. The van der Waals surface area contributed by atoms with Crippen LogP contribution in [0.4, 0.5) is 0 Å². The summed E-state index contributed by atoms with van der Waals surface area (Å²) < 4.78 is 0. The third-order valence-electron chi connectivity index (χ3n) is 6.00. The van der Waals surface area contributed by atoms with Crippen LogP contribution in [-0.2, 0) is 10.8 Å². The number of carbonyl (C=O) groups is 2. The van der Waals surface area contributed by atoms with Crippen LogP contribution < -0.4 is 0 Å². The molecule has 2 aromatic rings. The normalized spacial score (nSPS) is 13.8. The van der Waals surface area contributed by atoms with Crippen molar-refractivity contribution < 1.29 is 30.0 Å². The minimum Gasteiger partial charge on any atom is -0.478 e. The van der Waals surface area contributed by atoms with Crippen LogP contribution in [-0.4, -0.2) is 44.6 Å². The fourth-order valence-electron chi connectivity index (χ4n) is 3.46. The minimum absolute atomic E-state index is 0.0463. The molecule has 0 aliphatic rings. The Bertz CT molecular complexity index is 848. The molecule has 0 heterocycles. The van der Waals surface area contributed by atoms with Crippen LogP contribution in [0.15, 0.2) is 48.5 Å². The Labute approximate surface area is 217 Å². The van der Waals surface area contributed by atoms with Gasteiger partial charge in [-0.05, 0) is 66.0 Å². The van der Waals surface area contributed by atoms with Gasteiger partial charge in [-0.1, -0.05) is 79.7 Å². The van der Waals surface area contributed by atoms with Crippen molar-refractivity contribution in [2.45, 2.75) is 98.2 Å². The van der Waals surface area contributed by atoms with Crippen molar-refractivity contribution >= 4 is 11.9 Å². The molecule has 2 rings (SSSR count). The molecule has 0 radical (unpaired) electrons. The van der Waals surface area contributed by atoms with Crippen molar-refractivity contribution in [1.82, 2.24) is 0 Å². The van der Waals surface area contributed by atoms with Gasteiger partial charge < -0.3 is 20.4 Å². The van der Waals surface area contributed by atoms with Crippen molar-refractivity contribution in [2.24, 2.45) is 5.92 Å². The van der Waals surface area contributed by atoms with Gasteiger partial charge in [0.15, 0.2) is 0 Å². The molecule has 0 aromatic heterocycles. The van der Waals surface area contributed by atoms with Crippen molar-refractivity contribution in [2.75, 3.05) is 0 Å². The monoisotopic (exact) mass is 502 g/mol. The van der Waals surface area contributed by atoms with Gasteiger partial charge in [0.05, 0.1) is 23.3 Å². The Morgan fingerprint density at radius 3 is 1.11 bits per heavy atom. The molecule has 0 bridgehead atoms. The summed E-state index contributed by atoms with van der Waals surface area (Å²) in [5.41, 5.74) is 3.14. The maximum absolute atomic E-state index is 10.6. The number of rotatable bonds is 6. The third kappa shape index (κ3) is 11.8. The predicted octanol–water partition coefficient (Wildman–Crippen LogP) is 6.53. The molecule has 2 aromatic carbocycles. The van der Waals surface area contributed by atoms with E-state index in [0.717, 1.165) is 24.0 Å². The third-order valence-corrected chi connectivity index (χ3v) is 6.00. The summed E-state index contributed by atoms with van der Waals surface area (Å²) >= 11 is 0. The minimum atomic E-state index is -0.875. The highest BCUT2D eigenvalue weighted by molar-refractivity contribution is 5.88. The molecule has 0 aliphatic heterocycles. The van der Waals surface area contributed by atoms with E-state index in [1.807, 2.05) is 38.1 Å². The number of aliphatic hydroxyl groups excluding tert-OH is 2. The average Bonchev–Trinajstić information content (AvgIpc) is 2.79. The van der Waals surface area contributed by atoms with Gasteiger partial charge in [-0.3, -0.25) is 0 Å². The summed E-state index contributed by atoms with van der Waals surface area (Å²) in [6, 6.07) is 14.0.